The van der Waals surface area contributed by atoms with Crippen molar-refractivity contribution < 1.29 is 0 Å². The predicted octanol–water partition coefficient (Wildman–Crippen LogP) is 2.42. The maximum atomic E-state index is 4.64. The third kappa shape index (κ3) is 1.89. The van der Waals surface area contributed by atoms with Gasteiger partial charge in [0.1, 0.15) is 5.82 Å². The monoisotopic (exact) mass is 253 g/mol. The third-order valence-electron chi connectivity index (χ3n) is 4.55. The Morgan fingerprint density at radius 3 is 3.05 bits per heavy atom. The fourth-order valence-corrected chi connectivity index (χ4v) is 3.58. The summed E-state index contributed by atoms with van der Waals surface area (Å²) in [5.74, 6) is 1.96. The molecule has 0 aliphatic carbocycles. The second kappa shape index (κ2) is 4.49. The Hall–Kier alpha value is -1.61. The molecule has 3 heteroatoms. The number of rotatable bonds is 1. The van der Waals surface area contributed by atoms with Crippen LogP contribution in [0.4, 0.5) is 5.82 Å². The van der Waals surface area contributed by atoms with Crippen LogP contribution in [0.15, 0.2) is 36.5 Å². The molecule has 0 spiro atoms. The van der Waals surface area contributed by atoms with Crippen molar-refractivity contribution in [3.8, 4) is 0 Å². The van der Waals surface area contributed by atoms with Crippen LogP contribution in [-0.2, 0) is 0 Å². The zero-order valence-corrected chi connectivity index (χ0v) is 11.0. The number of nitrogens with zero attached hydrogens (tertiary/aromatic N) is 2. The highest BCUT2D eigenvalue weighted by Gasteiger charge is 2.35. The highest BCUT2D eigenvalue weighted by atomic mass is 15.2. The summed E-state index contributed by atoms with van der Waals surface area (Å²) in [6.07, 6.45) is 4.62. The van der Waals surface area contributed by atoms with E-state index in [0.29, 0.717) is 6.04 Å². The smallest absolute Gasteiger partial charge is 0.136 e. The Labute approximate surface area is 113 Å². The summed E-state index contributed by atoms with van der Waals surface area (Å²) in [7, 11) is 0. The van der Waals surface area contributed by atoms with Gasteiger partial charge < -0.3 is 10.2 Å². The lowest BCUT2D eigenvalue weighted by atomic mass is 9.94. The van der Waals surface area contributed by atoms with E-state index in [1.165, 1.54) is 30.2 Å². The van der Waals surface area contributed by atoms with Crippen molar-refractivity contribution in [1.29, 1.82) is 0 Å². The first-order valence-electron chi connectivity index (χ1n) is 7.24. The van der Waals surface area contributed by atoms with Gasteiger partial charge in [0, 0.05) is 30.7 Å². The van der Waals surface area contributed by atoms with Gasteiger partial charge in [0.15, 0.2) is 0 Å². The van der Waals surface area contributed by atoms with E-state index in [9.17, 15) is 0 Å². The minimum Gasteiger partial charge on any atom is -0.354 e. The molecule has 2 atom stereocenters. The van der Waals surface area contributed by atoms with Crippen LogP contribution in [-0.4, -0.2) is 30.7 Å². The van der Waals surface area contributed by atoms with E-state index >= 15 is 0 Å². The average Bonchev–Trinajstić information content (AvgIpc) is 2.90. The number of aromatic nitrogens is 1. The highest BCUT2D eigenvalue weighted by molar-refractivity contribution is 5.92. The van der Waals surface area contributed by atoms with Crippen molar-refractivity contribution in [2.24, 2.45) is 5.92 Å². The number of anilines is 1. The van der Waals surface area contributed by atoms with Gasteiger partial charge in [-0.2, -0.15) is 0 Å². The molecule has 3 heterocycles. The average molecular weight is 253 g/mol. The number of nitrogens with one attached hydrogen (secondary N) is 1. The Morgan fingerprint density at radius 1 is 1.16 bits per heavy atom. The Kier molecular flexibility index (Phi) is 2.66. The Morgan fingerprint density at radius 2 is 2.11 bits per heavy atom. The Balaban J connectivity index is 1.71. The van der Waals surface area contributed by atoms with Gasteiger partial charge in [0.05, 0.1) is 0 Å². The van der Waals surface area contributed by atoms with Crippen LogP contribution in [0, 0.1) is 5.92 Å². The van der Waals surface area contributed by atoms with Gasteiger partial charge in [-0.25, -0.2) is 4.98 Å². The van der Waals surface area contributed by atoms with Crippen LogP contribution in [0.2, 0.25) is 0 Å². The minimum absolute atomic E-state index is 0.662. The number of hydrogen-bond donors (Lipinski definition) is 1. The van der Waals surface area contributed by atoms with E-state index < -0.39 is 0 Å². The van der Waals surface area contributed by atoms with Gasteiger partial charge in [0.2, 0.25) is 0 Å². The summed E-state index contributed by atoms with van der Waals surface area (Å²) in [6, 6.07) is 11.3. The third-order valence-corrected chi connectivity index (χ3v) is 4.55. The van der Waals surface area contributed by atoms with Crippen molar-refractivity contribution in [2.45, 2.75) is 18.9 Å². The van der Waals surface area contributed by atoms with Crippen LogP contribution in [0.25, 0.3) is 10.8 Å². The molecule has 2 aromatic rings. The zero-order chi connectivity index (χ0) is 12.7. The lowest BCUT2D eigenvalue weighted by molar-refractivity contribution is 0.340. The lowest BCUT2D eigenvalue weighted by Crippen LogP contribution is -2.40. The molecule has 19 heavy (non-hydrogen) atoms. The quantitative estimate of drug-likeness (QED) is 0.846. The molecule has 2 aliphatic heterocycles. The van der Waals surface area contributed by atoms with Gasteiger partial charge in [-0.15, -0.1) is 0 Å². The van der Waals surface area contributed by atoms with Crippen molar-refractivity contribution in [3.63, 3.8) is 0 Å². The highest BCUT2D eigenvalue weighted by Crippen LogP contribution is 2.31. The number of pyridine rings is 1. The summed E-state index contributed by atoms with van der Waals surface area (Å²) in [6.45, 7) is 3.43. The fourth-order valence-electron chi connectivity index (χ4n) is 3.58. The van der Waals surface area contributed by atoms with Crippen molar-refractivity contribution in [3.05, 3.63) is 36.5 Å². The van der Waals surface area contributed by atoms with Crippen molar-refractivity contribution >= 4 is 16.6 Å². The molecule has 1 aromatic carbocycles. The number of fused-ring (bicyclic) bond motifs is 2. The van der Waals surface area contributed by atoms with Crippen LogP contribution < -0.4 is 10.2 Å². The largest absolute Gasteiger partial charge is 0.354 e. The molecular formula is C16H19N3. The lowest BCUT2D eigenvalue weighted by Gasteiger charge is -2.24. The zero-order valence-electron chi connectivity index (χ0n) is 11.0. The summed E-state index contributed by atoms with van der Waals surface area (Å²) in [5.41, 5.74) is 0. The first-order chi connectivity index (χ1) is 9.42. The molecular weight excluding hydrogens is 234 g/mol. The molecule has 0 bridgehead atoms. The van der Waals surface area contributed by atoms with Gasteiger partial charge in [-0.1, -0.05) is 24.3 Å². The standard InChI is InChI=1S/C16H19N3/c1-2-6-14-12(4-1)7-9-18-16(14)19-10-13-5-3-8-17-15(13)11-19/h1-2,4,6-7,9,13,15,17H,3,5,8,10-11H2. The molecule has 1 N–H and O–H groups in total. The number of benzene rings is 1. The van der Waals surface area contributed by atoms with Gasteiger partial charge in [-0.05, 0) is 36.8 Å². The molecule has 3 nitrogen and oxygen atoms in total. The molecule has 0 saturated carbocycles. The second-order valence-electron chi connectivity index (χ2n) is 5.72. The second-order valence-corrected chi connectivity index (χ2v) is 5.72. The molecule has 1 aromatic heterocycles. The molecule has 0 radical (unpaired) electrons. The summed E-state index contributed by atoms with van der Waals surface area (Å²) >= 11 is 0. The van der Waals surface area contributed by atoms with Crippen molar-refractivity contribution in [2.75, 3.05) is 24.5 Å². The number of piperidine rings is 1. The molecule has 2 aliphatic rings. The predicted molar refractivity (Wildman–Crippen MR) is 78.5 cm³/mol. The van der Waals surface area contributed by atoms with E-state index in [1.54, 1.807) is 0 Å². The SMILES string of the molecule is c1ccc2c(N3CC4CCCNC4C3)nccc2c1. The Bertz CT molecular complexity index is 576. The van der Waals surface area contributed by atoms with Gasteiger partial charge >= 0.3 is 0 Å². The summed E-state index contributed by atoms with van der Waals surface area (Å²) < 4.78 is 0. The van der Waals surface area contributed by atoms with Crippen LogP contribution in [0.3, 0.4) is 0 Å². The van der Waals surface area contributed by atoms with E-state index in [-0.39, 0.29) is 0 Å². The molecule has 2 fully saturated rings. The molecule has 0 amide bonds. The van der Waals surface area contributed by atoms with Crippen LogP contribution >= 0.6 is 0 Å². The van der Waals surface area contributed by atoms with E-state index in [2.05, 4.69) is 45.5 Å². The van der Waals surface area contributed by atoms with E-state index in [0.717, 1.165) is 24.8 Å². The molecule has 4 rings (SSSR count). The molecule has 2 saturated heterocycles. The van der Waals surface area contributed by atoms with E-state index in [1.807, 2.05) is 6.20 Å². The topological polar surface area (TPSA) is 28.2 Å². The van der Waals surface area contributed by atoms with E-state index in [4.69, 9.17) is 0 Å². The maximum absolute atomic E-state index is 4.64. The molecule has 98 valence electrons. The normalized spacial score (nSPS) is 26.6. The minimum atomic E-state index is 0.662. The maximum Gasteiger partial charge on any atom is 0.136 e. The van der Waals surface area contributed by atoms with Crippen LogP contribution in [0.5, 0.6) is 0 Å². The summed E-state index contributed by atoms with van der Waals surface area (Å²) in [5, 5.41) is 6.23. The first-order valence-corrected chi connectivity index (χ1v) is 7.24. The van der Waals surface area contributed by atoms with Gasteiger partial charge in [0.25, 0.3) is 0 Å². The van der Waals surface area contributed by atoms with Gasteiger partial charge in [-0.3, -0.25) is 0 Å². The molecule has 2 unspecified atom stereocenters. The van der Waals surface area contributed by atoms with Crippen LogP contribution in [0.1, 0.15) is 12.8 Å². The first kappa shape index (κ1) is 11.2. The fraction of sp³-hybridized carbons (Fsp3) is 0.438. The van der Waals surface area contributed by atoms with Crippen molar-refractivity contribution in [1.82, 2.24) is 10.3 Å². The summed E-state index contributed by atoms with van der Waals surface area (Å²) in [4.78, 5) is 7.11. The number of hydrogen-bond acceptors (Lipinski definition) is 3.